The second-order valence-corrected chi connectivity index (χ2v) is 7.82. The van der Waals surface area contributed by atoms with Crippen molar-refractivity contribution in [2.45, 2.75) is 70.4 Å². The third-order valence-electron chi connectivity index (χ3n) is 5.07. The minimum absolute atomic E-state index is 0.0146. The molecule has 2 radical (unpaired) electrons. The summed E-state index contributed by atoms with van der Waals surface area (Å²) >= 11 is 1.33. The fourth-order valence-electron chi connectivity index (χ4n) is 3.83. The maximum atomic E-state index is 12.8. The van der Waals surface area contributed by atoms with Gasteiger partial charge in [0.15, 0.2) is 5.13 Å². The average molecular weight is 317 g/mol. The van der Waals surface area contributed by atoms with Gasteiger partial charge in [-0.3, -0.25) is 5.32 Å². The van der Waals surface area contributed by atoms with Crippen LogP contribution in [-0.2, 0) is 0 Å². The molecule has 1 aromatic rings. The average Bonchev–Trinajstić information content (AvgIpc) is 3.14. The number of carbonyl (C=O) groups excluding carboxylic acids is 1. The summed E-state index contributed by atoms with van der Waals surface area (Å²) < 4.78 is 0.634. The molecule has 0 aliphatic heterocycles. The molecule has 2 fully saturated rings. The number of urea groups is 1. The summed E-state index contributed by atoms with van der Waals surface area (Å²) in [4.78, 5) is 19.1. The molecule has 0 aromatic carbocycles. The van der Waals surface area contributed by atoms with Gasteiger partial charge in [0, 0.05) is 18.3 Å². The maximum absolute atomic E-state index is 12.8. The fraction of sp³-hybridized carbons (Fsp3) is 0.750. The van der Waals surface area contributed by atoms with E-state index in [1.165, 1.54) is 37.0 Å². The van der Waals surface area contributed by atoms with E-state index in [0.717, 1.165) is 31.6 Å². The second kappa shape index (κ2) is 7.03. The zero-order chi connectivity index (χ0) is 15.5. The lowest BCUT2D eigenvalue weighted by Crippen LogP contribution is -2.49. The Kier molecular flexibility index (Phi) is 5.06. The van der Waals surface area contributed by atoms with E-state index in [1.807, 2.05) is 0 Å². The topological polar surface area (TPSA) is 45.2 Å². The first-order chi connectivity index (χ1) is 10.6. The van der Waals surface area contributed by atoms with Crippen molar-refractivity contribution in [3.63, 3.8) is 0 Å². The molecule has 118 valence electrons. The Morgan fingerprint density at radius 3 is 2.45 bits per heavy atom. The molecule has 1 N–H and O–H groups in total. The molecule has 1 heterocycles. The molecule has 2 aliphatic rings. The molecule has 3 rings (SSSR count). The van der Waals surface area contributed by atoms with E-state index in [2.05, 4.69) is 22.1 Å². The zero-order valence-electron chi connectivity index (χ0n) is 13.3. The van der Waals surface area contributed by atoms with E-state index >= 15 is 0 Å². The SMILES string of the molecule is [B]c1cnc(NC(=O)N(C2CCCC2)C2CCC(C)CC2)s1. The monoisotopic (exact) mass is 317 g/mol. The van der Waals surface area contributed by atoms with Crippen molar-refractivity contribution in [1.29, 1.82) is 0 Å². The lowest BCUT2D eigenvalue weighted by molar-refractivity contribution is 0.124. The van der Waals surface area contributed by atoms with Crippen LogP contribution in [-0.4, -0.2) is 35.8 Å². The maximum Gasteiger partial charge on any atom is 0.324 e. The predicted molar refractivity (Wildman–Crippen MR) is 92.0 cm³/mol. The summed E-state index contributed by atoms with van der Waals surface area (Å²) in [6.45, 7) is 2.31. The summed E-state index contributed by atoms with van der Waals surface area (Å²) in [5.74, 6) is 0.795. The van der Waals surface area contributed by atoms with Crippen molar-refractivity contribution in [3.8, 4) is 0 Å². The van der Waals surface area contributed by atoms with Crippen LogP contribution in [0.3, 0.4) is 0 Å². The van der Waals surface area contributed by atoms with Gasteiger partial charge in [0.2, 0.25) is 0 Å². The summed E-state index contributed by atoms with van der Waals surface area (Å²) in [5, 5.41) is 3.57. The van der Waals surface area contributed by atoms with Gasteiger partial charge < -0.3 is 4.90 Å². The number of hydrogen-bond acceptors (Lipinski definition) is 3. The van der Waals surface area contributed by atoms with Crippen molar-refractivity contribution in [2.24, 2.45) is 5.92 Å². The van der Waals surface area contributed by atoms with Crippen LogP contribution >= 0.6 is 11.3 Å². The number of nitrogens with zero attached hydrogens (tertiary/aromatic N) is 2. The Hall–Kier alpha value is -1.04. The largest absolute Gasteiger partial charge is 0.324 e. The standard InChI is InChI=1S/C16H24BN3OS/c1-11-6-8-13(9-7-11)20(12-4-2-3-5-12)16(21)19-15-18-10-14(17)22-15/h10-13H,2-9H2,1H3,(H,18,19,21). The third-order valence-corrected chi connectivity index (χ3v) is 5.81. The van der Waals surface area contributed by atoms with Gasteiger partial charge in [0.05, 0.1) is 0 Å². The van der Waals surface area contributed by atoms with Crippen molar-refractivity contribution in [3.05, 3.63) is 6.20 Å². The van der Waals surface area contributed by atoms with E-state index in [-0.39, 0.29) is 6.03 Å². The van der Waals surface area contributed by atoms with E-state index in [9.17, 15) is 4.79 Å². The number of aromatic nitrogens is 1. The lowest BCUT2D eigenvalue weighted by Gasteiger charge is -2.39. The van der Waals surface area contributed by atoms with E-state index < -0.39 is 0 Å². The number of nitrogens with one attached hydrogen (secondary N) is 1. The smallest absolute Gasteiger partial charge is 0.319 e. The number of anilines is 1. The van der Waals surface area contributed by atoms with E-state index in [4.69, 9.17) is 7.85 Å². The van der Waals surface area contributed by atoms with Gasteiger partial charge in [-0.1, -0.05) is 19.8 Å². The fourth-order valence-corrected chi connectivity index (χ4v) is 4.41. The Labute approximate surface area is 138 Å². The van der Waals surface area contributed by atoms with Gasteiger partial charge in [-0.15, -0.1) is 11.3 Å². The van der Waals surface area contributed by atoms with Crippen molar-refractivity contribution in [2.75, 3.05) is 5.32 Å². The van der Waals surface area contributed by atoms with Crippen LogP contribution in [0.1, 0.15) is 58.3 Å². The number of hydrogen-bond donors (Lipinski definition) is 1. The van der Waals surface area contributed by atoms with Gasteiger partial charge in [-0.25, -0.2) is 9.78 Å². The molecular formula is C16H24BN3OS. The second-order valence-electron chi connectivity index (χ2n) is 6.76. The van der Waals surface area contributed by atoms with Crippen molar-refractivity contribution in [1.82, 2.24) is 9.88 Å². The van der Waals surface area contributed by atoms with Crippen LogP contribution in [0, 0.1) is 5.92 Å². The molecule has 2 aliphatic carbocycles. The summed E-state index contributed by atoms with van der Waals surface area (Å²) in [7, 11) is 5.70. The van der Waals surface area contributed by atoms with Gasteiger partial charge in [0.1, 0.15) is 7.85 Å². The van der Waals surface area contributed by atoms with E-state index in [1.54, 1.807) is 6.20 Å². The molecule has 22 heavy (non-hydrogen) atoms. The number of rotatable bonds is 3. The molecule has 2 amide bonds. The molecule has 4 nitrogen and oxygen atoms in total. The Balaban J connectivity index is 1.71. The normalized spacial score (nSPS) is 26.0. The van der Waals surface area contributed by atoms with Crippen molar-refractivity contribution >= 4 is 35.1 Å². The highest BCUT2D eigenvalue weighted by Gasteiger charge is 2.34. The highest BCUT2D eigenvalue weighted by atomic mass is 32.1. The first-order valence-electron chi connectivity index (χ1n) is 8.44. The van der Waals surface area contributed by atoms with Gasteiger partial charge in [-0.2, -0.15) is 0 Å². The number of carbonyl (C=O) groups is 1. The minimum atomic E-state index is 0.0146. The number of thiazole rings is 1. The van der Waals surface area contributed by atoms with Crippen molar-refractivity contribution < 1.29 is 4.79 Å². The predicted octanol–water partition coefficient (Wildman–Crippen LogP) is 3.29. The van der Waals surface area contributed by atoms with Crippen LogP contribution in [0.15, 0.2) is 6.20 Å². The molecule has 0 bridgehead atoms. The highest BCUT2D eigenvalue weighted by Crippen LogP contribution is 2.33. The van der Waals surface area contributed by atoms with Gasteiger partial charge in [-0.05, 0) is 49.2 Å². The van der Waals surface area contributed by atoms with Crippen LogP contribution in [0.2, 0.25) is 0 Å². The van der Waals surface area contributed by atoms with Crippen LogP contribution < -0.4 is 10.1 Å². The molecular weight excluding hydrogens is 293 g/mol. The van der Waals surface area contributed by atoms with Crippen LogP contribution in [0.25, 0.3) is 0 Å². The molecule has 0 spiro atoms. The summed E-state index contributed by atoms with van der Waals surface area (Å²) in [6, 6.07) is 0.799. The minimum Gasteiger partial charge on any atom is -0.319 e. The van der Waals surface area contributed by atoms with Crippen LogP contribution in [0.5, 0.6) is 0 Å². The Morgan fingerprint density at radius 1 is 1.23 bits per heavy atom. The van der Waals surface area contributed by atoms with Gasteiger partial charge >= 0.3 is 6.03 Å². The molecule has 0 saturated heterocycles. The Bertz CT molecular complexity index is 507. The molecule has 6 heteroatoms. The molecule has 0 atom stereocenters. The van der Waals surface area contributed by atoms with E-state index in [0.29, 0.717) is 22.0 Å². The summed E-state index contributed by atoms with van der Waals surface area (Å²) in [6.07, 6.45) is 11.1. The first kappa shape index (κ1) is 15.8. The van der Waals surface area contributed by atoms with Gasteiger partial charge in [0.25, 0.3) is 0 Å². The first-order valence-corrected chi connectivity index (χ1v) is 9.25. The quantitative estimate of drug-likeness (QED) is 0.870. The third kappa shape index (κ3) is 3.65. The highest BCUT2D eigenvalue weighted by molar-refractivity contribution is 7.23. The Morgan fingerprint density at radius 2 is 1.86 bits per heavy atom. The molecule has 1 aromatic heterocycles. The number of amides is 2. The zero-order valence-corrected chi connectivity index (χ0v) is 14.1. The van der Waals surface area contributed by atoms with Crippen LogP contribution in [0.4, 0.5) is 9.93 Å². The summed E-state index contributed by atoms with van der Waals surface area (Å²) in [5.41, 5.74) is 0. The molecule has 2 saturated carbocycles. The lowest BCUT2D eigenvalue weighted by atomic mass is 9.86. The molecule has 0 unspecified atom stereocenters.